The van der Waals surface area contributed by atoms with E-state index in [9.17, 15) is 9.90 Å². The zero-order valence-corrected chi connectivity index (χ0v) is 6.80. The number of ether oxygens (including phenoxy) is 1. The van der Waals surface area contributed by atoms with E-state index in [1.165, 1.54) is 0 Å². The van der Waals surface area contributed by atoms with Gasteiger partial charge in [-0.2, -0.15) is 0 Å². The maximum atomic E-state index is 10.8. The Morgan fingerprint density at radius 2 is 2.36 bits per heavy atom. The largest absolute Gasteiger partial charge is 0.466 e. The van der Waals surface area contributed by atoms with E-state index < -0.39 is 5.60 Å². The molecule has 0 radical (unpaired) electrons. The Morgan fingerprint density at radius 1 is 1.64 bits per heavy atom. The fourth-order valence-corrected chi connectivity index (χ4v) is 1.24. The first-order valence-electron chi connectivity index (χ1n) is 4.04. The minimum atomic E-state index is -0.661. The Kier molecular flexibility index (Phi) is 2.49. The molecule has 0 aromatic rings. The fourth-order valence-electron chi connectivity index (χ4n) is 1.24. The van der Waals surface area contributed by atoms with Gasteiger partial charge in [-0.25, -0.2) is 0 Å². The summed E-state index contributed by atoms with van der Waals surface area (Å²) in [7, 11) is 0. The summed E-state index contributed by atoms with van der Waals surface area (Å²) < 4.78 is 4.80. The predicted molar refractivity (Wildman–Crippen MR) is 40.1 cm³/mol. The third-order valence-electron chi connectivity index (χ3n) is 2.28. The highest BCUT2D eigenvalue weighted by Crippen LogP contribution is 2.24. The van der Waals surface area contributed by atoms with Crippen molar-refractivity contribution in [3.8, 4) is 0 Å². The molecule has 1 heterocycles. The van der Waals surface area contributed by atoms with Gasteiger partial charge in [0.05, 0.1) is 12.2 Å². The number of hydrogen-bond acceptors (Lipinski definition) is 3. The van der Waals surface area contributed by atoms with Crippen molar-refractivity contribution in [1.29, 1.82) is 0 Å². The Morgan fingerprint density at radius 3 is 3.00 bits per heavy atom. The second-order valence-electron chi connectivity index (χ2n) is 3.05. The average Bonchev–Trinajstić information content (AvgIpc) is 2.15. The van der Waals surface area contributed by atoms with E-state index in [4.69, 9.17) is 4.74 Å². The van der Waals surface area contributed by atoms with Gasteiger partial charge in [0.2, 0.25) is 0 Å². The third kappa shape index (κ3) is 2.19. The van der Waals surface area contributed by atoms with Crippen molar-refractivity contribution < 1.29 is 14.6 Å². The van der Waals surface area contributed by atoms with Crippen molar-refractivity contribution in [1.82, 2.24) is 0 Å². The normalized spacial score (nSPS) is 32.7. The van der Waals surface area contributed by atoms with Crippen molar-refractivity contribution in [3.63, 3.8) is 0 Å². The lowest BCUT2D eigenvalue weighted by molar-refractivity contribution is -0.142. The zero-order valence-electron chi connectivity index (χ0n) is 6.80. The van der Waals surface area contributed by atoms with Crippen molar-refractivity contribution in [2.45, 2.75) is 38.2 Å². The van der Waals surface area contributed by atoms with Gasteiger partial charge < -0.3 is 9.84 Å². The number of aliphatic hydroxyl groups is 1. The van der Waals surface area contributed by atoms with Crippen LogP contribution in [0, 0.1) is 0 Å². The van der Waals surface area contributed by atoms with Gasteiger partial charge in [0.15, 0.2) is 0 Å². The molecule has 0 unspecified atom stereocenters. The Bertz CT molecular complexity index is 155. The van der Waals surface area contributed by atoms with Crippen LogP contribution in [0.5, 0.6) is 0 Å². The second kappa shape index (κ2) is 3.22. The SMILES string of the molecule is CC[C@@]1(O)CCOC(=O)CC1. The molecule has 0 spiro atoms. The summed E-state index contributed by atoms with van der Waals surface area (Å²) in [5, 5.41) is 9.75. The fraction of sp³-hybridized carbons (Fsp3) is 0.875. The lowest BCUT2D eigenvalue weighted by Gasteiger charge is -2.22. The molecule has 0 saturated carbocycles. The number of cyclic esters (lactones) is 1. The molecule has 1 N–H and O–H groups in total. The van der Waals surface area contributed by atoms with Crippen LogP contribution in [0.3, 0.4) is 0 Å². The molecular weight excluding hydrogens is 144 g/mol. The van der Waals surface area contributed by atoms with E-state index in [1.807, 2.05) is 6.92 Å². The van der Waals surface area contributed by atoms with Gasteiger partial charge in [0.1, 0.15) is 0 Å². The highest BCUT2D eigenvalue weighted by Gasteiger charge is 2.28. The van der Waals surface area contributed by atoms with Crippen LogP contribution in [-0.4, -0.2) is 23.3 Å². The minimum absolute atomic E-state index is 0.186. The first-order chi connectivity index (χ1) is 5.16. The third-order valence-corrected chi connectivity index (χ3v) is 2.28. The van der Waals surface area contributed by atoms with Gasteiger partial charge in [-0.05, 0) is 12.8 Å². The van der Waals surface area contributed by atoms with Crippen molar-refractivity contribution >= 4 is 5.97 Å². The first kappa shape index (κ1) is 8.53. The van der Waals surface area contributed by atoms with E-state index in [-0.39, 0.29) is 5.97 Å². The van der Waals surface area contributed by atoms with Gasteiger partial charge in [-0.3, -0.25) is 4.79 Å². The average molecular weight is 158 g/mol. The molecule has 0 bridgehead atoms. The topological polar surface area (TPSA) is 46.5 Å². The Balaban J connectivity index is 2.52. The minimum Gasteiger partial charge on any atom is -0.466 e. The highest BCUT2D eigenvalue weighted by molar-refractivity contribution is 5.69. The molecule has 0 amide bonds. The second-order valence-corrected chi connectivity index (χ2v) is 3.05. The van der Waals surface area contributed by atoms with Crippen LogP contribution in [0.4, 0.5) is 0 Å². The summed E-state index contributed by atoms with van der Waals surface area (Å²) in [4.78, 5) is 10.8. The van der Waals surface area contributed by atoms with E-state index in [2.05, 4.69) is 0 Å². The van der Waals surface area contributed by atoms with Crippen LogP contribution in [0.1, 0.15) is 32.6 Å². The molecule has 3 heteroatoms. The van der Waals surface area contributed by atoms with Gasteiger partial charge in [0.25, 0.3) is 0 Å². The molecule has 11 heavy (non-hydrogen) atoms. The number of rotatable bonds is 1. The quantitative estimate of drug-likeness (QED) is 0.575. The molecule has 0 aromatic carbocycles. The lowest BCUT2D eigenvalue weighted by atomic mass is 9.92. The van der Waals surface area contributed by atoms with Crippen LogP contribution in [0.25, 0.3) is 0 Å². The molecule has 3 nitrogen and oxygen atoms in total. The molecule has 0 aliphatic carbocycles. The van der Waals surface area contributed by atoms with E-state index >= 15 is 0 Å². The van der Waals surface area contributed by atoms with Gasteiger partial charge in [-0.1, -0.05) is 6.92 Å². The van der Waals surface area contributed by atoms with Gasteiger partial charge in [0, 0.05) is 12.8 Å². The summed E-state index contributed by atoms with van der Waals surface area (Å²) in [6, 6.07) is 0. The molecule has 0 aromatic heterocycles. The van der Waals surface area contributed by atoms with Crippen LogP contribution >= 0.6 is 0 Å². The highest BCUT2D eigenvalue weighted by atomic mass is 16.5. The van der Waals surface area contributed by atoms with Crippen molar-refractivity contribution in [2.24, 2.45) is 0 Å². The van der Waals surface area contributed by atoms with Crippen molar-refractivity contribution in [3.05, 3.63) is 0 Å². The Labute approximate surface area is 66.4 Å². The smallest absolute Gasteiger partial charge is 0.305 e. The van der Waals surface area contributed by atoms with Crippen molar-refractivity contribution in [2.75, 3.05) is 6.61 Å². The maximum absolute atomic E-state index is 10.8. The molecule has 1 aliphatic heterocycles. The summed E-state index contributed by atoms with van der Waals surface area (Å²) in [6.07, 6.45) is 2.17. The molecule has 1 atom stereocenters. The van der Waals surface area contributed by atoms with E-state index in [1.54, 1.807) is 0 Å². The molecule has 1 saturated heterocycles. The van der Waals surface area contributed by atoms with E-state index in [0.717, 1.165) is 0 Å². The first-order valence-corrected chi connectivity index (χ1v) is 4.04. The number of hydrogen-bond donors (Lipinski definition) is 1. The number of carbonyl (C=O) groups is 1. The summed E-state index contributed by atoms with van der Waals surface area (Å²) in [5.41, 5.74) is -0.661. The predicted octanol–water partition coefficient (Wildman–Crippen LogP) is 0.855. The van der Waals surface area contributed by atoms with Crippen LogP contribution in [0.15, 0.2) is 0 Å². The summed E-state index contributed by atoms with van der Waals surface area (Å²) >= 11 is 0. The van der Waals surface area contributed by atoms with Gasteiger partial charge >= 0.3 is 5.97 Å². The van der Waals surface area contributed by atoms with E-state index in [0.29, 0.717) is 32.3 Å². The molecule has 1 rings (SSSR count). The number of esters is 1. The molecular formula is C8H14O3. The molecule has 1 fully saturated rings. The molecule has 1 aliphatic rings. The zero-order chi connectivity index (χ0) is 8.32. The van der Waals surface area contributed by atoms with Crippen LogP contribution in [-0.2, 0) is 9.53 Å². The summed E-state index contributed by atoms with van der Waals surface area (Å²) in [6.45, 7) is 2.29. The maximum Gasteiger partial charge on any atom is 0.305 e. The summed E-state index contributed by atoms with van der Waals surface area (Å²) in [5.74, 6) is -0.186. The lowest BCUT2D eigenvalue weighted by Crippen LogP contribution is -2.27. The van der Waals surface area contributed by atoms with Crippen LogP contribution < -0.4 is 0 Å². The monoisotopic (exact) mass is 158 g/mol. The van der Waals surface area contributed by atoms with Crippen LogP contribution in [0.2, 0.25) is 0 Å². The standard InChI is InChI=1S/C8H14O3/c1-2-8(10)4-3-7(9)11-6-5-8/h10H,2-6H2,1H3/t8-/m0/s1. The number of carbonyl (C=O) groups excluding carboxylic acids is 1. The Hall–Kier alpha value is -0.570. The molecule has 64 valence electrons. The van der Waals surface area contributed by atoms with Gasteiger partial charge in [-0.15, -0.1) is 0 Å².